The van der Waals surface area contributed by atoms with Crippen molar-refractivity contribution in [2.45, 2.75) is 122 Å². The van der Waals surface area contributed by atoms with Crippen LogP contribution in [0, 0.1) is 0 Å². The molecule has 0 bridgehead atoms. The van der Waals surface area contributed by atoms with Crippen LogP contribution in [-0.2, 0) is 19.3 Å². The smallest absolute Gasteiger partial charge is 0.135 e. The highest BCUT2D eigenvalue weighted by atomic mass is 19.1. The average molecular weight is 536 g/mol. The van der Waals surface area contributed by atoms with Gasteiger partial charge < -0.3 is 10.6 Å². The number of fused-ring (bicyclic) bond motifs is 2. The molecule has 0 radical (unpaired) electrons. The van der Waals surface area contributed by atoms with Crippen molar-refractivity contribution in [3.63, 3.8) is 0 Å². The molecule has 5 nitrogen and oxygen atoms in total. The van der Waals surface area contributed by atoms with Gasteiger partial charge in [0.1, 0.15) is 17.8 Å². The third-order valence-electron chi connectivity index (χ3n) is 9.68. The van der Waals surface area contributed by atoms with Gasteiger partial charge in [0.05, 0.1) is 5.69 Å². The second kappa shape index (κ2) is 13.0. The summed E-state index contributed by atoms with van der Waals surface area (Å²) < 4.78 is 12.6. The lowest BCUT2D eigenvalue weighted by atomic mass is 9.78. The highest BCUT2D eigenvalue weighted by Crippen LogP contribution is 2.40. The monoisotopic (exact) mass is 535 g/mol. The predicted molar refractivity (Wildman–Crippen MR) is 161 cm³/mol. The van der Waals surface area contributed by atoms with Crippen LogP contribution >= 0.6 is 0 Å². The summed E-state index contributed by atoms with van der Waals surface area (Å²) in [6.07, 6.45) is 13.4. The summed E-state index contributed by atoms with van der Waals surface area (Å²) in [5.41, 5.74) is 12.7. The number of nitrogens with two attached hydrogens (primary N) is 1. The van der Waals surface area contributed by atoms with Gasteiger partial charge in [-0.25, -0.2) is 14.4 Å². The van der Waals surface area contributed by atoms with Crippen LogP contribution in [-0.4, -0.2) is 53.3 Å². The molecule has 2 aromatic rings. The fourth-order valence-electron chi connectivity index (χ4n) is 7.26. The number of aromatic nitrogens is 2. The number of nitrogens with zero attached hydrogens (tertiary/aromatic N) is 4. The van der Waals surface area contributed by atoms with E-state index >= 15 is 0 Å². The van der Waals surface area contributed by atoms with Gasteiger partial charge in [-0.1, -0.05) is 39.7 Å². The van der Waals surface area contributed by atoms with Crippen molar-refractivity contribution in [3.8, 4) is 0 Å². The quantitative estimate of drug-likeness (QED) is 0.419. The maximum Gasteiger partial charge on any atom is 0.135 e. The van der Waals surface area contributed by atoms with Crippen LogP contribution < -0.4 is 10.6 Å². The molecular weight excluding hydrogens is 485 g/mol. The molecule has 1 aliphatic carbocycles. The van der Waals surface area contributed by atoms with E-state index in [1.165, 1.54) is 66.7 Å². The first kappa shape index (κ1) is 28.3. The van der Waals surface area contributed by atoms with Gasteiger partial charge >= 0.3 is 0 Å². The second-order valence-corrected chi connectivity index (χ2v) is 12.4. The number of hydrogen-bond acceptors (Lipinski definition) is 5. The largest absolute Gasteiger partial charge is 0.399 e. The zero-order valence-electron chi connectivity index (χ0n) is 24.6. The van der Waals surface area contributed by atoms with Crippen LogP contribution in [0.25, 0.3) is 0 Å². The average Bonchev–Trinajstić information content (AvgIpc) is 3.41. The molecule has 4 unspecified atom stereocenters. The molecule has 3 saturated heterocycles. The summed E-state index contributed by atoms with van der Waals surface area (Å²) in [4.78, 5) is 14.9. The van der Waals surface area contributed by atoms with E-state index in [-0.39, 0.29) is 0 Å². The first-order chi connectivity index (χ1) is 19.0. The van der Waals surface area contributed by atoms with E-state index in [4.69, 9.17) is 15.7 Å². The van der Waals surface area contributed by atoms with E-state index in [0.717, 1.165) is 69.7 Å². The summed E-state index contributed by atoms with van der Waals surface area (Å²) in [7, 11) is 0. The van der Waals surface area contributed by atoms with E-state index in [2.05, 4.69) is 48.8 Å². The lowest BCUT2D eigenvalue weighted by Crippen LogP contribution is -2.29. The molecule has 4 aliphatic rings. The Bertz CT molecular complexity index is 1080. The maximum absolute atomic E-state index is 12.6. The van der Waals surface area contributed by atoms with Gasteiger partial charge in [0.15, 0.2) is 0 Å². The number of rotatable bonds is 5. The first-order valence-corrected chi connectivity index (χ1v) is 15.9. The van der Waals surface area contributed by atoms with Crippen LogP contribution in [0.3, 0.4) is 0 Å². The summed E-state index contributed by atoms with van der Waals surface area (Å²) in [5.74, 6) is 3.31. The normalized spacial score (nSPS) is 25.8. The molecule has 0 spiro atoms. The van der Waals surface area contributed by atoms with Crippen LogP contribution in [0.5, 0.6) is 0 Å². The number of alkyl halides is 1. The summed E-state index contributed by atoms with van der Waals surface area (Å²) >= 11 is 0. The van der Waals surface area contributed by atoms with Crippen molar-refractivity contribution in [3.05, 3.63) is 46.4 Å². The standard InChI is InChI=1S/C26H38N4.C7H12FN/c1-4-18(3)21-13-11-20(27)17-23(21)19-10-12-22-24(16-19)28-25(5-2)29-26(22)30-14-8-6-7-9-15-30;8-6-4-7-2-1-3-9(7)5-6/h11,13,17-19H,4-10,12,14-16,27H2,1-3H3;6-7H,1-5H2. The van der Waals surface area contributed by atoms with E-state index < -0.39 is 6.17 Å². The first-order valence-electron chi connectivity index (χ1n) is 15.9. The van der Waals surface area contributed by atoms with Crippen LogP contribution in [0.2, 0.25) is 0 Å². The minimum Gasteiger partial charge on any atom is -0.399 e. The molecule has 4 atom stereocenters. The Balaban J connectivity index is 0.000000287. The molecule has 4 heterocycles. The van der Waals surface area contributed by atoms with E-state index in [1.807, 2.05) is 0 Å². The number of halogens is 1. The third-order valence-corrected chi connectivity index (χ3v) is 9.68. The highest BCUT2D eigenvalue weighted by Gasteiger charge is 2.34. The Morgan fingerprint density at radius 2 is 1.82 bits per heavy atom. The zero-order valence-corrected chi connectivity index (χ0v) is 24.6. The lowest BCUT2D eigenvalue weighted by Gasteiger charge is -2.32. The van der Waals surface area contributed by atoms with Crippen molar-refractivity contribution in [2.75, 3.05) is 36.8 Å². The lowest BCUT2D eigenvalue weighted by molar-refractivity contribution is 0.292. The molecule has 0 saturated carbocycles. The Labute approximate surface area is 235 Å². The number of benzene rings is 1. The fourth-order valence-corrected chi connectivity index (χ4v) is 7.26. The molecular formula is C33H50FN5. The summed E-state index contributed by atoms with van der Waals surface area (Å²) in [5, 5.41) is 0. The number of nitrogen functional groups attached to an aromatic ring is 1. The topological polar surface area (TPSA) is 58.3 Å². The minimum absolute atomic E-state index is 0.501. The molecule has 39 heavy (non-hydrogen) atoms. The van der Waals surface area contributed by atoms with Gasteiger partial charge in [-0.2, -0.15) is 0 Å². The number of anilines is 2. The van der Waals surface area contributed by atoms with E-state index in [9.17, 15) is 4.39 Å². The Kier molecular flexibility index (Phi) is 9.42. The third kappa shape index (κ3) is 6.58. The Hall–Kier alpha value is -2.21. The van der Waals surface area contributed by atoms with E-state index in [0.29, 0.717) is 24.4 Å². The highest BCUT2D eigenvalue weighted by molar-refractivity contribution is 5.53. The number of aryl methyl sites for hydroxylation is 1. The van der Waals surface area contributed by atoms with Crippen molar-refractivity contribution >= 4 is 11.5 Å². The molecule has 2 N–H and O–H groups in total. The van der Waals surface area contributed by atoms with Gasteiger partial charge in [0.2, 0.25) is 0 Å². The van der Waals surface area contributed by atoms with Crippen LogP contribution in [0.15, 0.2) is 18.2 Å². The summed E-state index contributed by atoms with van der Waals surface area (Å²) in [6, 6.07) is 7.17. The molecule has 1 aromatic heterocycles. The molecule has 0 amide bonds. The van der Waals surface area contributed by atoms with Crippen LogP contribution in [0.1, 0.15) is 119 Å². The number of hydrogen-bond donors (Lipinski definition) is 1. The van der Waals surface area contributed by atoms with Crippen molar-refractivity contribution < 1.29 is 4.39 Å². The molecule has 3 aliphatic heterocycles. The van der Waals surface area contributed by atoms with Crippen molar-refractivity contribution in [1.82, 2.24) is 14.9 Å². The van der Waals surface area contributed by atoms with Crippen molar-refractivity contribution in [2.24, 2.45) is 0 Å². The van der Waals surface area contributed by atoms with Gasteiger partial charge in [-0.05, 0) is 99.4 Å². The van der Waals surface area contributed by atoms with Gasteiger partial charge in [-0.15, -0.1) is 0 Å². The molecule has 6 heteroatoms. The molecule has 1 aromatic carbocycles. The zero-order chi connectivity index (χ0) is 27.4. The Morgan fingerprint density at radius 3 is 2.54 bits per heavy atom. The predicted octanol–water partition coefficient (Wildman–Crippen LogP) is 6.98. The van der Waals surface area contributed by atoms with Crippen molar-refractivity contribution in [1.29, 1.82) is 0 Å². The fraction of sp³-hybridized carbons (Fsp3) is 0.697. The van der Waals surface area contributed by atoms with Gasteiger partial charge in [0.25, 0.3) is 0 Å². The van der Waals surface area contributed by atoms with Crippen LogP contribution in [0.4, 0.5) is 15.9 Å². The van der Waals surface area contributed by atoms with Gasteiger partial charge in [-0.3, -0.25) is 4.90 Å². The molecule has 3 fully saturated rings. The second-order valence-electron chi connectivity index (χ2n) is 12.4. The Morgan fingerprint density at radius 1 is 1.03 bits per heavy atom. The maximum atomic E-state index is 12.6. The SMILES string of the molecule is CCc1nc2c(c(N3CCCCCC3)n1)CCC(c1cc(N)ccc1C(C)CC)C2.FC1CC2CCCN2C1. The summed E-state index contributed by atoms with van der Waals surface area (Å²) in [6.45, 7) is 10.9. The molecule has 6 rings (SSSR count). The van der Waals surface area contributed by atoms with E-state index in [1.54, 1.807) is 0 Å². The van der Waals surface area contributed by atoms with Gasteiger partial charge in [0, 0.05) is 43.3 Å². The minimum atomic E-state index is -0.518. The molecule has 214 valence electrons.